The highest BCUT2D eigenvalue weighted by atomic mass is 32.2. The average Bonchev–Trinajstić information content (AvgIpc) is 3.88. The van der Waals surface area contributed by atoms with Crippen LogP contribution in [0.2, 0.25) is 0 Å². The zero-order valence-electron chi connectivity index (χ0n) is 38.6. The molecule has 0 aromatic rings. The second-order valence-corrected chi connectivity index (χ2v) is 23.0. The summed E-state index contributed by atoms with van der Waals surface area (Å²) < 4.78 is 64.9. The molecule has 0 radical (unpaired) electrons. The second-order valence-electron chi connectivity index (χ2n) is 22.6. The van der Waals surface area contributed by atoms with E-state index in [2.05, 4.69) is 47.6 Å². The highest BCUT2D eigenvalue weighted by Crippen LogP contribution is 2.80. The van der Waals surface area contributed by atoms with Crippen molar-refractivity contribution in [1.82, 2.24) is 0 Å². The third-order valence-electron chi connectivity index (χ3n) is 18.8. The zero-order valence-corrected chi connectivity index (χ0v) is 39.5. The van der Waals surface area contributed by atoms with E-state index in [1.165, 1.54) is 0 Å². The van der Waals surface area contributed by atoms with Crippen molar-refractivity contribution in [3.63, 3.8) is 0 Å². The van der Waals surface area contributed by atoms with Crippen LogP contribution in [0.15, 0.2) is 11.6 Å². The highest BCUT2D eigenvalue weighted by Gasteiger charge is 2.81. The minimum Gasteiger partial charge on any atom is -0.394 e. The first-order chi connectivity index (χ1) is 30.6. The third kappa shape index (κ3) is 7.59. The third-order valence-corrected chi connectivity index (χ3v) is 19.0. The molecule has 0 amide bonds. The molecule has 2 bridgehead atoms. The van der Waals surface area contributed by atoms with E-state index in [0.29, 0.717) is 25.6 Å². The van der Waals surface area contributed by atoms with Crippen LogP contribution in [-0.2, 0) is 42.1 Å². The number of aliphatic hydroxyl groups is 8. The fraction of sp³-hybridized carbons (Fsp3) is 0.957. The maximum atomic E-state index is 12.4. The van der Waals surface area contributed by atoms with Crippen LogP contribution in [0.3, 0.4) is 0 Å². The number of aliphatic hydroxyl groups excluding tert-OH is 7. The lowest BCUT2D eigenvalue weighted by molar-refractivity contribution is -0.375. The SMILES string of the molecule is CC(C)=C[C@H]1CO[C@]23C[C@]4(CO2)C(CCC2[C@@]5(C)CC[C@H](O[C@@H]6OC[C@H](O)[C@H](O[C@@H]7OC(COSO)[C@H](O)[C@H](O)C7O)C6O[C@@H]6O[C@H](CO)[C@H](O)C6O)C(C)(C)C5CC[C@]24C)C3C1(C)O. The number of allylic oxidation sites excluding steroid dienone is 1. The van der Waals surface area contributed by atoms with E-state index >= 15 is 0 Å². The Bertz CT molecular complexity index is 1750. The van der Waals surface area contributed by atoms with Gasteiger partial charge in [-0.05, 0) is 93.3 Å². The van der Waals surface area contributed by atoms with Gasteiger partial charge in [0.2, 0.25) is 0 Å². The summed E-state index contributed by atoms with van der Waals surface area (Å²) in [6.07, 6.45) is -11.4. The van der Waals surface area contributed by atoms with Gasteiger partial charge in [0.15, 0.2) is 37.0 Å². The molecule has 5 saturated heterocycles. The van der Waals surface area contributed by atoms with Crippen molar-refractivity contribution in [1.29, 1.82) is 0 Å². The fourth-order valence-corrected chi connectivity index (χ4v) is 15.8. The first kappa shape index (κ1) is 49.4. The summed E-state index contributed by atoms with van der Waals surface area (Å²) in [5.74, 6) is -0.176. The molecule has 65 heavy (non-hydrogen) atoms. The van der Waals surface area contributed by atoms with Gasteiger partial charge in [0, 0.05) is 23.7 Å². The quantitative estimate of drug-likeness (QED) is 0.0809. The maximum Gasteiger partial charge on any atom is 0.187 e. The van der Waals surface area contributed by atoms with E-state index in [1.54, 1.807) is 0 Å². The van der Waals surface area contributed by atoms with E-state index in [1.807, 2.05) is 6.92 Å². The molecule has 4 aliphatic carbocycles. The van der Waals surface area contributed by atoms with Crippen molar-refractivity contribution in [3.05, 3.63) is 11.6 Å². The van der Waals surface area contributed by atoms with Crippen molar-refractivity contribution in [3.8, 4) is 0 Å². The standard InChI is InChI=1S/C46H74O18S/c1-21(2)14-22-16-57-46-19-45(20-58-46)23(37(46)44(22,7)54)8-9-28-42(5)12-11-29(41(3,4)27(42)10-13-43(28,45)6)62-40-36(64-38-33(52)30(49)25(15-47)60-38)35(24(48)17-56-40)63-39-34(53)32(51)31(50)26(61-39)18-59-65-55/h14,22-40,47-55H,8-13,15-20H2,1-7H3/t22-,23?,24-,25+,26?,27?,28?,29-,30-,31-,32-,33?,34?,35-,36?,37?,38-,39-,40-,42-,43+,44?,45-,46+/m0/s1. The molecule has 9 aliphatic rings. The molecule has 9 rings (SSSR count). The number of fused-ring (bicyclic) bond motifs is 4. The summed E-state index contributed by atoms with van der Waals surface area (Å²) in [6, 6.07) is 0. The molecule has 9 N–H and O–H groups in total. The summed E-state index contributed by atoms with van der Waals surface area (Å²) in [4.78, 5) is 0. The highest BCUT2D eigenvalue weighted by molar-refractivity contribution is 7.88. The smallest absolute Gasteiger partial charge is 0.187 e. The molecule has 5 heterocycles. The van der Waals surface area contributed by atoms with Gasteiger partial charge in [-0.2, -0.15) is 0 Å². The molecule has 5 aliphatic heterocycles. The molecule has 2 spiro atoms. The minimum absolute atomic E-state index is 0.0317. The molecule has 24 atom stereocenters. The molecule has 372 valence electrons. The molecule has 18 nitrogen and oxygen atoms in total. The average molecular weight is 947 g/mol. The van der Waals surface area contributed by atoms with Crippen molar-refractivity contribution >= 4 is 12.3 Å². The normalized spacial score (nSPS) is 55.8. The minimum atomic E-state index is -1.80. The molecule has 9 fully saturated rings. The van der Waals surface area contributed by atoms with Gasteiger partial charge in [-0.1, -0.05) is 39.3 Å². The van der Waals surface area contributed by atoms with Gasteiger partial charge < -0.3 is 83.3 Å². The lowest BCUT2D eigenvalue weighted by atomic mass is 9.35. The van der Waals surface area contributed by atoms with Crippen LogP contribution < -0.4 is 0 Å². The van der Waals surface area contributed by atoms with Gasteiger partial charge in [0.1, 0.15) is 61.0 Å². The van der Waals surface area contributed by atoms with E-state index in [-0.39, 0.29) is 58.8 Å². The number of rotatable bonds is 11. The number of hydrogen-bond acceptors (Lipinski definition) is 19. The van der Waals surface area contributed by atoms with Gasteiger partial charge in [-0.3, -0.25) is 4.18 Å². The van der Waals surface area contributed by atoms with Crippen molar-refractivity contribution < 1.29 is 87.5 Å². The van der Waals surface area contributed by atoms with Gasteiger partial charge in [0.25, 0.3) is 0 Å². The lowest BCUT2D eigenvalue weighted by Crippen LogP contribution is -2.68. The fourth-order valence-electron chi connectivity index (χ4n) is 15.6. The second kappa shape index (κ2) is 17.6. The van der Waals surface area contributed by atoms with Crippen LogP contribution in [0.5, 0.6) is 0 Å². The molecular formula is C46H74O18S. The van der Waals surface area contributed by atoms with Crippen LogP contribution in [0.4, 0.5) is 0 Å². The summed E-state index contributed by atoms with van der Waals surface area (Å²) >= 11 is 0.0317. The van der Waals surface area contributed by atoms with Crippen molar-refractivity contribution in [2.24, 2.45) is 51.2 Å². The predicted octanol–water partition coefficient (Wildman–Crippen LogP) is 1.61. The lowest BCUT2D eigenvalue weighted by Gasteiger charge is -2.70. The van der Waals surface area contributed by atoms with E-state index < -0.39 is 116 Å². The molecule has 0 aromatic carbocycles. The largest absolute Gasteiger partial charge is 0.394 e. The zero-order chi connectivity index (χ0) is 46.8. The van der Waals surface area contributed by atoms with Gasteiger partial charge in [-0.15, -0.1) is 0 Å². The van der Waals surface area contributed by atoms with Gasteiger partial charge >= 0.3 is 0 Å². The first-order valence-electron chi connectivity index (χ1n) is 23.8. The van der Waals surface area contributed by atoms with Crippen LogP contribution in [-0.4, -0.2) is 176 Å². The Labute approximate surface area is 385 Å². The Morgan fingerprint density at radius 1 is 0.738 bits per heavy atom. The van der Waals surface area contributed by atoms with E-state index in [9.17, 15) is 40.9 Å². The molecular weight excluding hydrogens is 873 g/mol. The van der Waals surface area contributed by atoms with Crippen LogP contribution in [0.1, 0.15) is 93.4 Å². The van der Waals surface area contributed by atoms with Crippen LogP contribution >= 0.6 is 12.3 Å². The Morgan fingerprint density at radius 2 is 1.42 bits per heavy atom. The Kier molecular flexibility index (Phi) is 13.4. The van der Waals surface area contributed by atoms with Gasteiger partial charge in [-0.25, -0.2) is 0 Å². The van der Waals surface area contributed by atoms with Gasteiger partial charge in [0.05, 0.1) is 44.7 Å². The summed E-state index contributed by atoms with van der Waals surface area (Å²) in [5, 5.41) is 87.7. The Hall–Kier alpha value is -0.630. The predicted molar refractivity (Wildman–Crippen MR) is 228 cm³/mol. The summed E-state index contributed by atoms with van der Waals surface area (Å²) in [6.45, 7) is 15.3. The van der Waals surface area contributed by atoms with Crippen LogP contribution in [0, 0.1) is 51.2 Å². The van der Waals surface area contributed by atoms with Crippen molar-refractivity contribution in [2.45, 2.75) is 191 Å². The molecule has 9 unspecified atom stereocenters. The summed E-state index contributed by atoms with van der Waals surface area (Å²) in [5.41, 5.74) is -0.526. The van der Waals surface area contributed by atoms with E-state index in [0.717, 1.165) is 44.1 Å². The van der Waals surface area contributed by atoms with Crippen molar-refractivity contribution in [2.75, 3.05) is 33.0 Å². The maximum absolute atomic E-state index is 12.4. The molecule has 19 heteroatoms. The first-order valence-corrected chi connectivity index (χ1v) is 24.5. The molecule has 0 aromatic heterocycles. The topological polar surface area (TPSA) is 265 Å². The monoisotopic (exact) mass is 946 g/mol. The number of ether oxygens (including phenoxy) is 8. The van der Waals surface area contributed by atoms with E-state index in [4.69, 9.17) is 46.6 Å². The Morgan fingerprint density at radius 3 is 2.09 bits per heavy atom. The Balaban J connectivity index is 0.966. The molecule has 4 saturated carbocycles. The van der Waals surface area contributed by atoms with Crippen LogP contribution in [0.25, 0.3) is 0 Å². The number of hydrogen-bond donors (Lipinski definition) is 9. The summed E-state index contributed by atoms with van der Waals surface area (Å²) in [7, 11) is 0.